The summed E-state index contributed by atoms with van der Waals surface area (Å²) in [5.41, 5.74) is 0. The summed E-state index contributed by atoms with van der Waals surface area (Å²) in [7, 11) is -9.87. The van der Waals surface area contributed by atoms with Gasteiger partial charge in [-0.25, -0.2) is 8.37 Å². The summed E-state index contributed by atoms with van der Waals surface area (Å²) in [6, 6.07) is 0. The molecule has 17 heteroatoms. The fourth-order valence-electron chi connectivity index (χ4n) is 3.37. The van der Waals surface area contributed by atoms with E-state index in [0.717, 1.165) is 0 Å². The maximum atomic E-state index is 11.0. The Balaban J connectivity index is 1.72. The van der Waals surface area contributed by atoms with E-state index in [-0.39, 0.29) is 13.2 Å². The molecule has 0 unspecified atom stereocenters. The van der Waals surface area contributed by atoms with E-state index in [1.54, 1.807) is 0 Å². The molecule has 3 rings (SSSR count). The molecule has 15 nitrogen and oxygen atoms in total. The van der Waals surface area contributed by atoms with E-state index < -0.39 is 82.5 Å². The van der Waals surface area contributed by atoms with Crippen molar-refractivity contribution in [2.75, 3.05) is 19.8 Å². The van der Waals surface area contributed by atoms with Gasteiger partial charge in [0.1, 0.15) is 48.8 Å². The fourth-order valence-corrected chi connectivity index (χ4v) is 4.36. The highest BCUT2D eigenvalue weighted by Crippen LogP contribution is 2.34. The first-order valence-corrected chi connectivity index (χ1v) is 10.9. The number of ether oxygens (including phenoxy) is 4. The van der Waals surface area contributed by atoms with Gasteiger partial charge in [0.2, 0.25) is 0 Å². The second kappa shape index (κ2) is 8.54. The van der Waals surface area contributed by atoms with Gasteiger partial charge < -0.3 is 34.3 Å². The standard InChI is InChI=1S/C12H20O15S2/c13-1-4-9(27-29(19,20)21)7(14)8(15)12(24-4)25-11-5-2-23-10(11)6(3-22-5)26-28(16,17)18/h4-15H,1-3H2,(H,16,17,18)(H,19,20,21)/t4-,5-,6+,7-,8-,9+,10-,11+,12+/m1/s1. The molecule has 0 radical (unpaired) electrons. The topological polar surface area (TPSA) is 225 Å². The summed E-state index contributed by atoms with van der Waals surface area (Å²) in [5, 5.41) is 29.7. The van der Waals surface area contributed by atoms with Crippen LogP contribution in [0.15, 0.2) is 0 Å². The molecule has 3 heterocycles. The van der Waals surface area contributed by atoms with Gasteiger partial charge in [-0.15, -0.1) is 0 Å². The maximum absolute atomic E-state index is 11.0. The lowest BCUT2D eigenvalue weighted by Gasteiger charge is -2.43. The van der Waals surface area contributed by atoms with Crippen molar-refractivity contribution in [2.24, 2.45) is 0 Å². The van der Waals surface area contributed by atoms with E-state index in [1.807, 2.05) is 0 Å². The quantitative estimate of drug-likeness (QED) is 0.224. The lowest BCUT2D eigenvalue weighted by molar-refractivity contribution is -0.321. The summed E-state index contributed by atoms with van der Waals surface area (Å²) in [5.74, 6) is 0. The Kier molecular flexibility index (Phi) is 6.81. The summed E-state index contributed by atoms with van der Waals surface area (Å²) in [6.45, 7) is -1.15. The molecule has 3 aliphatic heterocycles. The first kappa shape index (κ1) is 23.1. The van der Waals surface area contributed by atoms with Gasteiger partial charge in [0.05, 0.1) is 19.8 Å². The predicted molar refractivity (Wildman–Crippen MR) is 85.0 cm³/mol. The van der Waals surface area contributed by atoms with Crippen LogP contribution in [0.25, 0.3) is 0 Å². The van der Waals surface area contributed by atoms with Crippen molar-refractivity contribution < 1.29 is 68.6 Å². The lowest BCUT2D eigenvalue weighted by atomic mass is 9.98. The summed E-state index contributed by atoms with van der Waals surface area (Å²) < 4.78 is 91.6. The summed E-state index contributed by atoms with van der Waals surface area (Å²) >= 11 is 0. The van der Waals surface area contributed by atoms with Crippen LogP contribution in [0, 0.1) is 0 Å². The van der Waals surface area contributed by atoms with Gasteiger partial charge in [0, 0.05) is 0 Å². The van der Waals surface area contributed by atoms with E-state index in [9.17, 15) is 32.2 Å². The van der Waals surface area contributed by atoms with Crippen molar-refractivity contribution in [1.82, 2.24) is 0 Å². The molecule has 9 atom stereocenters. The molecule has 0 amide bonds. The molecule has 0 aromatic carbocycles. The van der Waals surface area contributed by atoms with Crippen molar-refractivity contribution in [2.45, 2.75) is 55.1 Å². The zero-order valence-corrected chi connectivity index (χ0v) is 16.1. The molecule has 0 spiro atoms. The molecule has 3 fully saturated rings. The van der Waals surface area contributed by atoms with Crippen molar-refractivity contribution in [3.8, 4) is 0 Å². The van der Waals surface area contributed by atoms with Crippen molar-refractivity contribution in [3.63, 3.8) is 0 Å². The van der Waals surface area contributed by atoms with Crippen LogP contribution in [-0.2, 0) is 48.1 Å². The highest BCUT2D eigenvalue weighted by molar-refractivity contribution is 7.81. The van der Waals surface area contributed by atoms with E-state index in [4.69, 9.17) is 28.1 Å². The Morgan fingerprint density at radius 2 is 1.55 bits per heavy atom. The van der Waals surface area contributed by atoms with E-state index in [1.165, 1.54) is 0 Å². The molecule has 2 bridgehead atoms. The van der Waals surface area contributed by atoms with Crippen LogP contribution in [0.2, 0.25) is 0 Å². The van der Waals surface area contributed by atoms with Gasteiger partial charge in [0.25, 0.3) is 0 Å². The third-order valence-electron chi connectivity index (χ3n) is 4.57. The molecular formula is C12H20O15S2. The maximum Gasteiger partial charge on any atom is 0.397 e. The zero-order chi connectivity index (χ0) is 21.6. The van der Waals surface area contributed by atoms with Crippen LogP contribution in [0.5, 0.6) is 0 Å². The number of aliphatic hydroxyl groups is 3. The average Bonchev–Trinajstić information content (AvgIpc) is 2.87. The Morgan fingerprint density at radius 1 is 0.897 bits per heavy atom. The second-order valence-corrected chi connectivity index (χ2v) is 8.62. The number of rotatable bonds is 7. The van der Waals surface area contributed by atoms with Crippen LogP contribution >= 0.6 is 0 Å². The van der Waals surface area contributed by atoms with E-state index in [2.05, 4.69) is 8.37 Å². The molecule has 0 aromatic heterocycles. The fraction of sp³-hybridized carbons (Fsp3) is 1.00. The van der Waals surface area contributed by atoms with Gasteiger partial charge in [-0.2, -0.15) is 16.8 Å². The Bertz CT molecular complexity index is 781. The molecule has 29 heavy (non-hydrogen) atoms. The highest BCUT2D eigenvalue weighted by atomic mass is 32.3. The second-order valence-electron chi connectivity index (χ2n) is 6.53. The van der Waals surface area contributed by atoms with Gasteiger partial charge >= 0.3 is 20.8 Å². The molecule has 0 aromatic rings. The average molecular weight is 468 g/mol. The van der Waals surface area contributed by atoms with Crippen molar-refractivity contribution in [3.05, 3.63) is 0 Å². The number of fused-ring (bicyclic) bond motifs is 2. The number of hydrogen-bond acceptors (Lipinski definition) is 13. The van der Waals surface area contributed by atoms with Crippen LogP contribution < -0.4 is 0 Å². The van der Waals surface area contributed by atoms with Crippen LogP contribution in [-0.4, -0.2) is 116 Å². The number of hydrogen-bond donors (Lipinski definition) is 5. The zero-order valence-electron chi connectivity index (χ0n) is 14.5. The Morgan fingerprint density at radius 3 is 2.14 bits per heavy atom. The Labute approximate surface area is 164 Å². The molecule has 0 saturated carbocycles. The monoisotopic (exact) mass is 468 g/mol. The highest BCUT2D eigenvalue weighted by Gasteiger charge is 2.54. The SMILES string of the molecule is O=S(=O)(O)O[C@@H]1[C@H](O)[C@@H](O)[C@H](O[C@@H]2[C@@H]3OC[C@H]2OC[C@@H]3OS(=O)(=O)O)O[C@@H]1CO. The largest absolute Gasteiger partial charge is 0.397 e. The molecule has 0 aliphatic carbocycles. The predicted octanol–water partition coefficient (Wildman–Crippen LogP) is -4.02. The Hall–Kier alpha value is -0.540. The van der Waals surface area contributed by atoms with Crippen LogP contribution in [0.1, 0.15) is 0 Å². The van der Waals surface area contributed by atoms with Crippen molar-refractivity contribution in [1.29, 1.82) is 0 Å². The normalized spacial score (nSPS) is 43.4. The summed E-state index contributed by atoms with van der Waals surface area (Å²) in [4.78, 5) is 0. The van der Waals surface area contributed by atoms with Gasteiger partial charge in [-0.3, -0.25) is 9.11 Å². The van der Waals surface area contributed by atoms with Gasteiger partial charge in [-0.05, 0) is 0 Å². The lowest BCUT2D eigenvalue weighted by Crippen LogP contribution is -2.62. The molecule has 3 aliphatic rings. The van der Waals surface area contributed by atoms with Crippen molar-refractivity contribution >= 4 is 20.8 Å². The van der Waals surface area contributed by atoms with E-state index in [0.29, 0.717) is 0 Å². The first-order valence-electron chi connectivity index (χ1n) is 8.22. The number of aliphatic hydroxyl groups excluding tert-OH is 3. The smallest absolute Gasteiger partial charge is 0.394 e. The molecular weight excluding hydrogens is 448 g/mol. The van der Waals surface area contributed by atoms with Gasteiger partial charge in [0.15, 0.2) is 6.29 Å². The van der Waals surface area contributed by atoms with Gasteiger partial charge in [-0.1, -0.05) is 0 Å². The third kappa shape index (κ3) is 5.39. The van der Waals surface area contributed by atoms with Crippen LogP contribution in [0.3, 0.4) is 0 Å². The minimum atomic E-state index is -5.04. The third-order valence-corrected chi connectivity index (χ3v) is 5.53. The molecule has 170 valence electrons. The molecule has 5 N–H and O–H groups in total. The van der Waals surface area contributed by atoms with E-state index >= 15 is 0 Å². The first-order chi connectivity index (χ1) is 13.4. The molecule has 3 saturated heterocycles. The minimum Gasteiger partial charge on any atom is -0.394 e. The summed E-state index contributed by atoms with van der Waals surface area (Å²) in [6.07, 6.45) is -13.0. The van der Waals surface area contributed by atoms with Crippen LogP contribution in [0.4, 0.5) is 0 Å². The minimum absolute atomic E-state index is 0.0377.